The second kappa shape index (κ2) is 6.62. The van der Waals surface area contributed by atoms with E-state index in [-0.39, 0.29) is 6.10 Å². The SMILES string of the molecule is c1ccc(-c2nnn3c2CO[C@@H](CNCc2cccs2)C3)cc1. The molecule has 0 saturated heterocycles. The second-order valence-electron chi connectivity index (χ2n) is 5.58. The van der Waals surface area contributed by atoms with E-state index in [0.717, 1.165) is 36.6 Å². The molecule has 0 radical (unpaired) electrons. The molecule has 5 nitrogen and oxygen atoms in total. The van der Waals surface area contributed by atoms with E-state index in [4.69, 9.17) is 4.74 Å². The molecule has 4 rings (SSSR count). The Kier molecular flexibility index (Phi) is 4.19. The first kappa shape index (κ1) is 14.6. The Balaban J connectivity index is 1.39. The fraction of sp³-hybridized carbons (Fsp3) is 0.294. The molecule has 6 heteroatoms. The molecule has 1 aliphatic heterocycles. The highest BCUT2D eigenvalue weighted by atomic mass is 32.1. The van der Waals surface area contributed by atoms with Crippen molar-refractivity contribution in [1.82, 2.24) is 20.3 Å². The average Bonchev–Trinajstić information content (AvgIpc) is 3.25. The zero-order valence-electron chi connectivity index (χ0n) is 12.7. The number of ether oxygens (including phenoxy) is 1. The van der Waals surface area contributed by atoms with Crippen LogP contribution < -0.4 is 5.32 Å². The van der Waals surface area contributed by atoms with Gasteiger partial charge in [0.15, 0.2) is 0 Å². The highest BCUT2D eigenvalue weighted by molar-refractivity contribution is 7.09. The number of benzene rings is 1. The molecular weight excluding hydrogens is 308 g/mol. The first-order chi connectivity index (χ1) is 11.4. The van der Waals surface area contributed by atoms with Crippen LogP contribution in [0.3, 0.4) is 0 Å². The number of fused-ring (bicyclic) bond motifs is 1. The summed E-state index contributed by atoms with van der Waals surface area (Å²) in [5, 5.41) is 14.2. The van der Waals surface area contributed by atoms with E-state index in [2.05, 4.69) is 45.3 Å². The summed E-state index contributed by atoms with van der Waals surface area (Å²) < 4.78 is 7.96. The molecule has 0 amide bonds. The van der Waals surface area contributed by atoms with Crippen LogP contribution in [0.1, 0.15) is 10.6 Å². The van der Waals surface area contributed by atoms with Crippen LogP contribution >= 0.6 is 11.3 Å². The van der Waals surface area contributed by atoms with Gasteiger partial charge in [-0.2, -0.15) is 0 Å². The minimum absolute atomic E-state index is 0.132. The van der Waals surface area contributed by atoms with Crippen molar-refractivity contribution in [3.8, 4) is 11.3 Å². The number of nitrogens with zero attached hydrogens (tertiary/aromatic N) is 3. The molecule has 1 aromatic carbocycles. The summed E-state index contributed by atoms with van der Waals surface area (Å²) in [5.74, 6) is 0. The number of nitrogens with one attached hydrogen (secondary N) is 1. The second-order valence-corrected chi connectivity index (χ2v) is 6.61. The van der Waals surface area contributed by atoms with E-state index in [1.54, 1.807) is 11.3 Å². The highest BCUT2D eigenvalue weighted by Crippen LogP contribution is 2.24. The van der Waals surface area contributed by atoms with Crippen LogP contribution in [0.4, 0.5) is 0 Å². The largest absolute Gasteiger partial charge is 0.369 e. The van der Waals surface area contributed by atoms with Gasteiger partial charge in [-0.05, 0) is 11.4 Å². The van der Waals surface area contributed by atoms with Crippen LogP contribution in [-0.2, 0) is 24.4 Å². The zero-order chi connectivity index (χ0) is 15.5. The van der Waals surface area contributed by atoms with Crippen LogP contribution in [0.15, 0.2) is 47.8 Å². The van der Waals surface area contributed by atoms with E-state index in [0.29, 0.717) is 6.61 Å². The van der Waals surface area contributed by atoms with E-state index >= 15 is 0 Å². The van der Waals surface area contributed by atoms with Crippen molar-refractivity contribution in [1.29, 1.82) is 0 Å². The summed E-state index contributed by atoms with van der Waals surface area (Å²) in [6.07, 6.45) is 0.132. The Labute approximate surface area is 138 Å². The summed E-state index contributed by atoms with van der Waals surface area (Å²) in [4.78, 5) is 1.34. The number of aromatic nitrogens is 3. The van der Waals surface area contributed by atoms with Crippen molar-refractivity contribution < 1.29 is 4.74 Å². The third kappa shape index (κ3) is 3.19. The third-order valence-corrected chi connectivity index (χ3v) is 4.84. The van der Waals surface area contributed by atoms with E-state index in [1.165, 1.54) is 4.88 Å². The van der Waals surface area contributed by atoms with Crippen molar-refractivity contribution in [2.24, 2.45) is 0 Å². The molecule has 118 valence electrons. The molecule has 0 spiro atoms. The molecule has 1 aliphatic rings. The van der Waals surface area contributed by atoms with Crippen LogP contribution in [0.2, 0.25) is 0 Å². The number of hydrogen-bond donors (Lipinski definition) is 1. The molecule has 0 saturated carbocycles. The van der Waals surface area contributed by atoms with Gasteiger partial charge in [0, 0.05) is 23.5 Å². The predicted octanol–water partition coefficient (Wildman–Crippen LogP) is 2.70. The number of thiophene rings is 1. The Morgan fingerprint density at radius 3 is 2.96 bits per heavy atom. The van der Waals surface area contributed by atoms with Crippen LogP contribution in [0, 0.1) is 0 Å². The lowest BCUT2D eigenvalue weighted by Gasteiger charge is -2.24. The summed E-state index contributed by atoms with van der Waals surface area (Å²) in [6, 6.07) is 14.4. The fourth-order valence-corrected chi connectivity index (χ4v) is 3.45. The van der Waals surface area contributed by atoms with Gasteiger partial charge in [0.2, 0.25) is 0 Å². The lowest BCUT2D eigenvalue weighted by Crippen LogP contribution is -2.36. The normalized spacial score (nSPS) is 17.1. The van der Waals surface area contributed by atoms with Crippen molar-refractivity contribution >= 4 is 11.3 Å². The van der Waals surface area contributed by atoms with Gasteiger partial charge >= 0.3 is 0 Å². The standard InChI is InChI=1S/C17H18N4OS/c1-2-5-13(6-3-1)17-16-12-22-14(11-21(16)20-19-17)9-18-10-15-7-4-8-23-15/h1-8,14,18H,9-12H2/t14-/m0/s1. The molecule has 1 atom stereocenters. The number of hydrogen-bond acceptors (Lipinski definition) is 5. The summed E-state index contributed by atoms with van der Waals surface area (Å²) in [5.41, 5.74) is 3.08. The van der Waals surface area contributed by atoms with Crippen molar-refractivity contribution in [3.05, 3.63) is 58.4 Å². The Morgan fingerprint density at radius 2 is 2.13 bits per heavy atom. The van der Waals surface area contributed by atoms with Crippen molar-refractivity contribution in [3.63, 3.8) is 0 Å². The fourth-order valence-electron chi connectivity index (χ4n) is 2.78. The molecular formula is C17H18N4OS. The Morgan fingerprint density at radius 1 is 1.22 bits per heavy atom. The predicted molar refractivity (Wildman–Crippen MR) is 90.1 cm³/mol. The zero-order valence-corrected chi connectivity index (χ0v) is 13.5. The van der Waals surface area contributed by atoms with E-state index in [9.17, 15) is 0 Å². The molecule has 2 aromatic heterocycles. The molecule has 0 aliphatic carbocycles. The topological polar surface area (TPSA) is 52.0 Å². The Bertz CT molecular complexity index is 754. The first-order valence-corrected chi connectivity index (χ1v) is 8.60. The van der Waals surface area contributed by atoms with E-state index < -0.39 is 0 Å². The van der Waals surface area contributed by atoms with Crippen LogP contribution in [-0.4, -0.2) is 27.6 Å². The maximum absolute atomic E-state index is 5.98. The van der Waals surface area contributed by atoms with Gasteiger partial charge in [0.1, 0.15) is 5.69 Å². The average molecular weight is 326 g/mol. The van der Waals surface area contributed by atoms with Crippen LogP contribution in [0.25, 0.3) is 11.3 Å². The minimum atomic E-state index is 0.132. The first-order valence-electron chi connectivity index (χ1n) is 7.72. The monoisotopic (exact) mass is 326 g/mol. The molecule has 23 heavy (non-hydrogen) atoms. The Hall–Kier alpha value is -2.02. The van der Waals surface area contributed by atoms with Gasteiger partial charge in [-0.25, -0.2) is 4.68 Å². The molecule has 1 N–H and O–H groups in total. The van der Waals surface area contributed by atoms with Gasteiger partial charge in [0.25, 0.3) is 0 Å². The van der Waals surface area contributed by atoms with Gasteiger partial charge in [-0.15, -0.1) is 16.4 Å². The molecule has 0 fully saturated rings. The lowest BCUT2D eigenvalue weighted by atomic mass is 10.1. The molecule has 0 bridgehead atoms. The summed E-state index contributed by atoms with van der Waals surface area (Å²) in [6.45, 7) is 3.00. The van der Waals surface area contributed by atoms with Crippen LogP contribution in [0.5, 0.6) is 0 Å². The maximum atomic E-state index is 5.98. The highest BCUT2D eigenvalue weighted by Gasteiger charge is 2.24. The maximum Gasteiger partial charge on any atom is 0.118 e. The van der Waals surface area contributed by atoms with Gasteiger partial charge < -0.3 is 10.1 Å². The smallest absolute Gasteiger partial charge is 0.118 e. The lowest BCUT2D eigenvalue weighted by molar-refractivity contribution is 0.00128. The van der Waals surface area contributed by atoms with Gasteiger partial charge in [-0.3, -0.25) is 0 Å². The third-order valence-electron chi connectivity index (χ3n) is 3.97. The summed E-state index contributed by atoms with van der Waals surface area (Å²) in [7, 11) is 0. The quantitative estimate of drug-likeness (QED) is 0.783. The van der Waals surface area contributed by atoms with Gasteiger partial charge in [-0.1, -0.05) is 41.6 Å². The molecule has 0 unspecified atom stereocenters. The van der Waals surface area contributed by atoms with Gasteiger partial charge in [0.05, 0.1) is 24.9 Å². The minimum Gasteiger partial charge on any atom is -0.369 e. The molecule has 3 aromatic rings. The number of rotatable bonds is 5. The van der Waals surface area contributed by atoms with E-state index in [1.807, 2.05) is 22.9 Å². The van der Waals surface area contributed by atoms with Crippen molar-refractivity contribution in [2.75, 3.05) is 6.54 Å². The molecule has 3 heterocycles. The van der Waals surface area contributed by atoms with Crippen molar-refractivity contribution in [2.45, 2.75) is 25.8 Å². The summed E-state index contributed by atoms with van der Waals surface area (Å²) >= 11 is 1.77.